The van der Waals surface area contributed by atoms with Gasteiger partial charge in [0.2, 0.25) is 0 Å². The molecule has 12 nitrogen and oxygen atoms in total. The molecule has 0 spiro atoms. The SMILES string of the molecule is CO[C@@H]1O[C@H](COC(=O)/C=C/[C@H](OC(C)=O)[C@H](COC(C)=O)OC(C)=O)[C@H]2OC(C)(C)O[C@@H]12. The smallest absolute Gasteiger partial charge is 0.330 e. The standard InChI is InChI=1S/C21H30O12/c1-11(22)27-9-15(30-13(3)24)14(29-12(2)23)7-8-17(25)28-10-16-18-19(20(26-6)31-16)33-21(4,5)32-18/h7-8,14-16,18-20H,9-10H2,1-6H3/b8-7+/t14-,15-,16+,18+,19+,20+/m0/s1. The summed E-state index contributed by atoms with van der Waals surface area (Å²) in [6.07, 6.45) is -2.43. The lowest BCUT2D eigenvalue weighted by molar-refractivity contribution is -0.231. The van der Waals surface area contributed by atoms with Crippen LogP contribution < -0.4 is 0 Å². The fourth-order valence-electron chi connectivity index (χ4n) is 3.39. The zero-order valence-electron chi connectivity index (χ0n) is 19.4. The maximum atomic E-state index is 12.3. The molecule has 12 heteroatoms. The molecule has 2 fully saturated rings. The number of hydrogen-bond acceptors (Lipinski definition) is 12. The van der Waals surface area contributed by atoms with E-state index in [1.807, 2.05) is 0 Å². The van der Waals surface area contributed by atoms with Crippen LogP contribution >= 0.6 is 0 Å². The second-order valence-electron chi connectivity index (χ2n) is 7.86. The highest BCUT2D eigenvalue weighted by Crippen LogP contribution is 2.38. The van der Waals surface area contributed by atoms with Crippen molar-refractivity contribution in [1.29, 1.82) is 0 Å². The summed E-state index contributed by atoms with van der Waals surface area (Å²) in [7, 11) is 1.47. The van der Waals surface area contributed by atoms with E-state index in [-0.39, 0.29) is 13.2 Å². The molecule has 33 heavy (non-hydrogen) atoms. The van der Waals surface area contributed by atoms with Crippen LogP contribution in [0.5, 0.6) is 0 Å². The van der Waals surface area contributed by atoms with E-state index in [0.717, 1.165) is 19.9 Å². The van der Waals surface area contributed by atoms with Crippen LogP contribution in [0.2, 0.25) is 0 Å². The second-order valence-corrected chi connectivity index (χ2v) is 7.86. The van der Waals surface area contributed by atoms with Gasteiger partial charge in [-0.05, 0) is 19.9 Å². The Morgan fingerprint density at radius 2 is 1.58 bits per heavy atom. The molecule has 186 valence electrons. The van der Waals surface area contributed by atoms with Gasteiger partial charge in [0.25, 0.3) is 0 Å². The Kier molecular flexibility index (Phi) is 9.35. The van der Waals surface area contributed by atoms with E-state index in [1.165, 1.54) is 20.1 Å². The maximum Gasteiger partial charge on any atom is 0.330 e. The predicted molar refractivity (Wildman–Crippen MR) is 107 cm³/mol. The molecule has 2 heterocycles. The third-order valence-electron chi connectivity index (χ3n) is 4.59. The van der Waals surface area contributed by atoms with E-state index >= 15 is 0 Å². The Morgan fingerprint density at radius 3 is 2.15 bits per heavy atom. The van der Waals surface area contributed by atoms with Gasteiger partial charge in [-0.25, -0.2) is 4.79 Å². The average Bonchev–Trinajstić information content (AvgIpc) is 3.18. The van der Waals surface area contributed by atoms with Crippen LogP contribution in [0.1, 0.15) is 34.6 Å². The highest BCUT2D eigenvalue weighted by atomic mass is 16.8. The second kappa shape index (κ2) is 11.5. The first-order valence-electron chi connectivity index (χ1n) is 10.3. The van der Waals surface area contributed by atoms with Crippen LogP contribution in [-0.4, -0.2) is 86.8 Å². The van der Waals surface area contributed by atoms with E-state index in [2.05, 4.69) is 0 Å². The molecule has 2 aliphatic heterocycles. The number of methoxy groups -OCH3 is 1. The van der Waals surface area contributed by atoms with Gasteiger partial charge in [-0.15, -0.1) is 0 Å². The van der Waals surface area contributed by atoms with E-state index in [0.29, 0.717) is 0 Å². The van der Waals surface area contributed by atoms with Crippen molar-refractivity contribution < 1.29 is 57.1 Å². The first kappa shape index (κ1) is 26.7. The van der Waals surface area contributed by atoms with Gasteiger partial charge in [0.15, 0.2) is 24.3 Å². The Bertz CT molecular complexity index is 760. The van der Waals surface area contributed by atoms with Crippen molar-refractivity contribution in [3.8, 4) is 0 Å². The van der Waals surface area contributed by atoms with Gasteiger partial charge < -0.3 is 37.9 Å². The molecule has 0 bridgehead atoms. The fourth-order valence-corrected chi connectivity index (χ4v) is 3.39. The monoisotopic (exact) mass is 474 g/mol. The zero-order valence-corrected chi connectivity index (χ0v) is 19.4. The highest BCUT2D eigenvalue weighted by Gasteiger charge is 2.55. The van der Waals surface area contributed by atoms with E-state index in [9.17, 15) is 19.2 Å². The first-order valence-corrected chi connectivity index (χ1v) is 10.3. The number of carbonyl (C=O) groups excluding carboxylic acids is 4. The van der Waals surface area contributed by atoms with Crippen molar-refractivity contribution in [3.05, 3.63) is 12.2 Å². The molecule has 2 saturated heterocycles. The number of fused-ring (bicyclic) bond motifs is 1. The zero-order chi connectivity index (χ0) is 24.8. The summed E-state index contributed by atoms with van der Waals surface area (Å²) >= 11 is 0. The van der Waals surface area contributed by atoms with Crippen molar-refractivity contribution >= 4 is 23.9 Å². The molecule has 0 aromatic heterocycles. The van der Waals surface area contributed by atoms with Crippen molar-refractivity contribution in [3.63, 3.8) is 0 Å². The molecule has 0 N–H and O–H groups in total. The molecule has 0 radical (unpaired) electrons. The molecule has 0 aromatic rings. The molecule has 0 saturated carbocycles. The summed E-state index contributed by atoms with van der Waals surface area (Å²) in [4.78, 5) is 46.3. The number of ether oxygens (including phenoxy) is 8. The number of hydrogen-bond donors (Lipinski definition) is 0. The summed E-state index contributed by atoms with van der Waals surface area (Å²) in [6.45, 7) is 6.44. The maximum absolute atomic E-state index is 12.3. The predicted octanol–water partition coefficient (Wildman–Crippen LogP) is 0.404. The van der Waals surface area contributed by atoms with Crippen LogP contribution in [0.15, 0.2) is 12.2 Å². The van der Waals surface area contributed by atoms with E-state index in [1.54, 1.807) is 13.8 Å². The molecule has 2 aliphatic rings. The molecular formula is C21H30O12. The molecular weight excluding hydrogens is 444 g/mol. The average molecular weight is 474 g/mol. The number of esters is 4. The van der Waals surface area contributed by atoms with Crippen molar-refractivity contribution in [2.24, 2.45) is 0 Å². The highest BCUT2D eigenvalue weighted by molar-refractivity contribution is 5.82. The van der Waals surface area contributed by atoms with Crippen LogP contribution in [0.25, 0.3) is 0 Å². The van der Waals surface area contributed by atoms with Gasteiger partial charge in [0, 0.05) is 34.0 Å². The summed E-state index contributed by atoms with van der Waals surface area (Å²) in [5, 5.41) is 0. The quantitative estimate of drug-likeness (QED) is 0.246. The summed E-state index contributed by atoms with van der Waals surface area (Å²) < 4.78 is 42.8. The summed E-state index contributed by atoms with van der Waals surface area (Å²) in [5.41, 5.74) is 0. The third-order valence-corrected chi connectivity index (χ3v) is 4.59. The van der Waals surface area contributed by atoms with Crippen molar-refractivity contribution in [2.45, 2.75) is 77.2 Å². The van der Waals surface area contributed by atoms with Gasteiger partial charge >= 0.3 is 23.9 Å². The minimum atomic E-state index is -1.20. The number of rotatable bonds is 10. The minimum Gasteiger partial charge on any atom is -0.462 e. The van der Waals surface area contributed by atoms with Crippen molar-refractivity contribution in [2.75, 3.05) is 20.3 Å². The molecule has 0 aromatic carbocycles. The lowest BCUT2D eigenvalue weighted by Crippen LogP contribution is -2.37. The van der Waals surface area contributed by atoms with Gasteiger partial charge in [0.05, 0.1) is 0 Å². The van der Waals surface area contributed by atoms with Gasteiger partial charge in [-0.1, -0.05) is 0 Å². The van der Waals surface area contributed by atoms with Gasteiger partial charge in [-0.3, -0.25) is 14.4 Å². The van der Waals surface area contributed by atoms with Crippen LogP contribution in [0.4, 0.5) is 0 Å². The summed E-state index contributed by atoms with van der Waals surface area (Å²) in [5.74, 6) is -3.62. The van der Waals surface area contributed by atoms with Gasteiger partial charge in [-0.2, -0.15) is 0 Å². The van der Waals surface area contributed by atoms with Gasteiger partial charge in [0.1, 0.15) is 31.5 Å². The lowest BCUT2D eigenvalue weighted by atomic mass is 10.1. The number of carbonyl (C=O) groups is 4. The van der Waals surface area contributed by atoms with Crippen molar-refractivity contribution in [1.82, 2.24) is 0 Å². The molecule has 0 unspecified atom stereocenters. The minimum absolute atomic E-state index is 0.150. The van der Waals surface area contributed by atoms with Crippen LogP contribution in [-0.2, 0) is 57.1 Å². The Morgan fingerprint density at radius 1 is 0.939 bits per heavy atom. The Hall–Kier alpha value is -2.54. The van der Waals surface area contributed by atoms with E-state index < -0.39 is 66.5 Å². The molecule has 0 aliphatic carbocycles. The normalized spacial score (nSPS) is 27.5. The topological polar surface area (TPSA) is 142 Å². The Balaban J connectivity index is 2.00. The fraction of sp³-hybridized carbons (Fsp3) is 0.714. The molecule has 2 rings (SSSR count). The lowest BCUT2D eigenvalue weighted by Gasteiger charge is -2.24. The van der Waals surface area contributed by atoms with Crippen LogP contribution in [0.3, 0.4) is 0 Å². The Labute approximate surface area is 191 Å². The molecule has 0 amide bonds. The third kappa shape index (κ3) is 8.07. The first-order chi connectivity index (χ1) is 15.4. The largest absolute Gasteiger partial charge is 0.462 e. The summed E-state index contributed by atoms with van der Waals surface area (Å²) in [6, 6.07) is 0. The van der Waals surface area contributed by atoms with E-state index in [4.69, 9.17) is 37.9 Å². The van der Waals surface area contributed by atoms with Crippen LogP contribution in [0, 0.1) is 0 Å². The molecule has 6 atom stereocenters.